The topological polar surface area (TPSA) is 74.3 Å². The predicted molar refractivity (Wildman–Crippen MR) is 104 cm³/mol. The highest BCUT2D eigenvalue weighted by Crippen LogP contribution is 2.14. The fourth-order valence-electron chi connectivity index (χ4n) is 2.82. The number of hydrogen-bond donors (Lipinski definition) is 2. The number of benzene rings is 1. The van der Waals surface area contributed by atoms with Gasteiger partial charge in [-0.3, -0.25) is 4.79 Å². The van der Waals surface area contributed by atoms with Crippen LogP contribution in [0.15, 0.2) is 41.8 Å². The van der Waals surface area contributed by atoms with Crippen LogP contribution in [0.4, 0.5) is 10.5 Å². The van der Waals surface area contributed by atoms with Crippen molar-refractivity contribution in [3.05, 3.63) is 52.5 Å². The van der Waals surface area contributed by atoms with Gasteiger partial charge in [0.15, 0.2) is 0 Å². The molecule has 1 aliphatic heterocycles. The Morgan fingerprint density at radius 3 is 2.62 bits per heavy atom. The van der Waals surface area contributed by atoms with Gasteiger partial charge < -0.3 is 15.5 Å². The standard InChI is InChI=1S/C19H22N4O2S/c1-14-20-17(13-26-14)7-8-18(24)21-16-9-11-23(12-10-16)19(25)22-15-5-3-2-4-6-15/h2-8,13,16H,9-12H2,1H3,(H,21,24)(H,22,25)/b8-7+. The molecular weight excluding hydrogens is 348 g/mol. The van der Waals surface area contributed by atoms with E-state index in [-0.39, 0.29) is 18.0 Å². The lowest BCUT2D eigenvalue weighted by atomic mass is 10.1. The highest BCUT2D eigenvalue weighted by molar-refractivity contribution is 7.09. The number of piperidine rings is 1. The lowest BCUT2D eigenvalue weighted by Crippen LogP contribution is -2.47. The van der Waals surface area contributed by atoms with Crippen molar-refractivity contribution >= 4 is 35.0 Å². The van der Waals surface area contributed by atoms with Gasteiger partial charge in [0.2, 0.25) is 5.91 Å². The van der Waals surface area contributed by atoms with Crippen molar-refractivity contribution in [1.82, 2.24) is 15.2 Å². The molecule has 26 heavy (non-hydrogen) atoms. The minimum Gasteiger partial charge on any atom is -0.350 e. The van der Waals surface area contributed by atoms with Gasteiger partial charge in [0.05, 0.1) is 10.7 Å². The van der Waals surface area contributed by atoms with E-state index in [1.165, 1.54) is 6.08 Å². The summed E-state index contributed by atoms with van der Waals surface area (Å²) in [5, 5.41) is 8.78. The van der Waals surface area contributed by atoms with Crippen molar-refractivity contribution in [3.63, 3.8) is 0 Å². The maximum atomic E-state index is 12.3. The normalized spacial score (nSPS) is 15.2. The van der Waals surface area contributed by atoms with Gasteiger partial charge in [-0.05, 0) is 38.0 Å². The molecule has 3 rings (SSSR count). The molecule has 0 unspecified atom stereocenters. The first-order chi connectivity index (χ1) is 12.6. The Morgan fingerprint density at radius 1 is 1.23 bits per heavy atom. The average Bonchev–Trinajstić information content (AvgIpc) is 3.07. The van der Waals surface area contributed by atoms with Crippen molar-refractivity contribution in [3.8, 4) is 0 Å². The SMILES string of the molecule is Cc1nc(/C=C/C(=O)NC2CCN(C(=O)Nc3ccccc3)CC2)cs1. The molecule has 7 heteroatoms. The second kappa shape index (κ2) is 8.62. The van der Waals surface area contributed by atoms with Gasteiger partial charge in [0.25, 0.3) is 0 Å². The first-order valence-electron chi connectivity index (χ1n) is 8.62. The Bertz CT molecular complexity index is 780. The number of urea groups is 1. The summed E-state index contributed by atoms with van der Waals surface area (Å²) in [6.45, 7) is 3.18. The van der Waals surface area contributed by atoms with Crippen LogP contribution in [0, 0.1) is 6.92 Å². The fraction of sp³-hybridized carbons (Fsp3) is 0.316. The number of carbonyl (C=O) groups is 2. The predicted octanol–water partition coefficient (Wildman–Crippen LogP) is 3.28. The highest BCUT2D eigenvalue weighted by atomic mass is 32.1. The number of hydrogen-bond acceptors (Lipinski definition) is 4. The van der Waals surface area contributed by atoms with Crippen LogP contribution < -0.4 is 10.6 Å². The zero-order valence-corrected chi connectivity index (χ0v) is 15.5. The van der Waals surface area contributed by atoms with Crippen LogP contribution >= 0.6 is 11.3 Å². The molecule has 2 aromatic rings. The van der Waals surface area contributed by atoms with E-state index in [2.05, 4.69) is 15.6 Å². The molecule has 2 heterocycles. The Morgan fingerprint density at radius 2 is 1.96 bits per heavy atom. The summed E-state index contributed by atoms with van der Waals surface area (Å²) < 4.78 is 0. The number of carbonyl (C=O) groups excluding carboxylic acids is 2. The maximum Gasteiger partial charge on any atom is 0.321 e. The molecule has 0 bridgehead atoms. The van der Waals surface area contributed by atoms with Gasteiger partial charge in [0.1, 0.15) is 0 Å². The highest BCUT2D eigenvalue weighted by Gasteiger charge is 2.23. The molecule has 136 valence electrons. The molecule has 0 aliphatic carbocycles. The van der Waals surface area contributed by atoms with E-state index in [0.717, 1.165) is 29.2 Å². The van der Waals surface area contributed by atoms with E-state index >= 15 is 0 Å². The van der Waals surface area contributed by atoms with Crippen LogP contribution in [0.5, 0.6) is 0 Å². The number of amides is 3. The van der Waals surface area contributed by atoms with E-state index in [1.54, 1.807) is 22.3 Å². The number of rotatable bonds is 4. The number of thiazole rings is 1. The first-order valence-corrected chi connectivity index (χ1v) is 9.50. The third-order valence-electron chi connectivity index (χ3n) is 4.20. The molecule has 1 aromatic heterocycles. The van der Waals surface area contributed by atoms with Crippen LogP contribution in [0.3, 0.4) is 0 Å². The molecule has 1 aromatic carbocycles. The Hall–Kier alpha value is -2.67. The van der Waals surface area contributed by atoms with E-state index in [1.807, 2.05) is 42.6 Å². The summed E-state index contributed by atoms with van der Waals surface area (Å²) in [7, 11) is 0. The van der Waals surface area contributed by atoms with E-state index in [0.29, 0.717) is 13.1 Å². The van der Waals surface area contributed by atoms with Gasteiger partial charge in [-0.2, -0.15) is 0 Å². The summed E-state index contributed by atoms with van der Waals surface area (Å²) in [6.07, 6.45) is 4.74. The number of anilines is 1. The number of aromatic nitrogens is 1. The molecule has 1 fully saturated rings. The smallest absolute Gasteiger partial charge is 0.321 e. The van der Waals surface area contributed by atoms with Crippen LogP contribution in [-0.2, 0) is 4.79 Å². The number of para-hydroxylation sites is 1. The van der Waals surface area contributed by atoms with Gasteiger partial charge >= 0.3 is 6.03 Å². The number of aryl methyl sites for hydroxylation is 1. The van der Waals surface area contributed by atoms with Crippen molar-refractivity contribution in [2.75, 3.05) is 18.4 Å². The van der Waals surface area contributed by atoms with E-state index < -0.39 is 0 Å². The molecule has 0 saturated carbocycles. The van der Waals surface area contributed by atoms with E-state index in [9.17, 15) is 9.59 Å². The summed E-state index contributed by atoms with van der Waals surface area (Å²) in [5.74, 6) is -0.122. The summed E-state index contributed by atoms with van der Waals surface area (Å²) in [5.41, 5.74) is 1.59. The number of likely N-dealkylation sites (tertiary alicyclic amines) is 1. The third-order valence-corrected chi connectivity index (χ3v) is 4.99. The van der Waals surface area contributed by atoms with Crippen LogP contribution in [-0.4, -0.2) is 41.0 Å². The summed E-state index contributed by atoms with van der Waals surface area (Å²) >= 11 is 1.56. The molecule has 6 nitrogen and oxygen atoms in total. The van der Waals surface area contributed by atoms with Gasteiger partial charge in [-0.1, -0.05) is 18.2 Å². The number of nitrogens with one attached hydrogen (secondary N) is 2. The monoisotopic (exact) mass is 370 g/mol. The van der Waals surface area contributed by atoms with Gasteiger partial charge in [-0.15, -0.1) is 11.3 Å². The third kappa shape index (κ3) is 5.16. The maximum absolute atomic E-state index is 12.3. The van der Waals surface area contributed by atoms with Gasteiger partial charge in [0, 0.05) is 36.3 Å². The van der Waals surface area contributed by atoms with Crippen LogP contribution in [0.1, 0.15) is 23.5 Å². The van der Waals surface area contributed by atoms with Crippen molar-refractivity contribution in [2.24, 2.45) is 0 Å². The molecule has 0 radical (unpaired) electrons. The second-order valence-electron chi connectivity index (χ2n) is 6.19. The van der Waals surface area contributed by atoms with Gasteiger partial charge in [-0.25, -0.2) is 9.78 Å². The van der Waals surface area contributed by atoms with Crippen molar-refractivity contribution in [1.29, 1.82) is 0 Å². The summed E-state index contributed by atoms with van der Waals surface area (Å²) in [4.78, 5) is 30.4. The molecule has 3 amide bonds. The molecule has 0 atom stereocenters. The zero-order valence-electron chi connectivity index (χ0n) is 14.6. The second-order valence-corrected chi connectivity index (χ2v) is 7.25. The molecule has 0 spiro atoms. The van der Waals surface area contributed by atoms with Crippen LogP contribution in [0.25, 0.3) is 6.08 Å². The van der Waals surface area contributed by atoms with Crippen molar-refractivity contribution < 1.29 is 9.59 Å². The molecular formula is C19H22N4O2S. The summed E-state index contributed by atoms with van der Waals surface area (Å²) in [6, 6.07) is 9.40. The molecule has 1 saturated heterocycles. The first kappa shape index (κ1) is 18.1. The fourth-order valence-corrected chi connectivity index (χ4v) is 3.40. The Balaban J connectivity index is 1.42. The Labute approximate surface area is 156 Å². The minimum absolute atomic E-state index is 0.0881. The zero-order chi connectivity index (χ0) is 18.4. The average molecular weight is 370 g/mol. The van der Waals surface area contributed by atoms with Crippen LogP contribution in [0.2, 0.25) is 0 Å². The molecule has 2 N–H and O–H groups in total. The molecule has 1 aliphatic rings. The minimum atomic E-state index is -0.122. The largest absolute Gasteiger partial charge is 0.350 e. The lowest BCUT2D eigenvalue weighted by molar-refractivity contribution is -0.117. The lowest BCUT2D eigenvalue weighted by Gasteiger charge is -2.32. The van der Waals surface area contributed by atoms with E-state index in [4.69, 9.17) is 0 Å². The number of nitrogens with zero attached hydrogens (tertiary/aromatic N) is 2. The quantitative estimate of drug-likeness (QED) is 0.811. The van der Waals surface area contributed by atoms with Crippen molar-refractivity contribution in [2.45, 2.75) is 25.8 Å². The Kier molecular flexibility index (Phi) is 6.01.